The SMILES string of the molecule is O=C(O)C(O)C1=Cc2cccc(C(F)(F)F)c2S1(=O)=O. The fourth-order valence-corrected chi connectivity index (χ4v) is 3.71. The molecule has 1 aliphatic heterocycles. The zero-order chi connectivity index (χ0) is 15.3. The van der Waals surface area contributed by atoms with Crippen LogP contribution in [0.3, 0.4) is 0 Å². The lowest BCUT2D eigenvalue weighted by Gasteiger charge is -2.13. The molecule has 0 spiro atoms. The van der Waals surface area contributed by atoms with Gasteiger partial charge in [-0.2, -0.15) is 13.2 Å². The third kappa shape index (κ3) is 2.08. The minimum absolute atomic E-state index is 0.296. The Hall–Kier alpha value is -1.87. The molecule has 0 radical (unpaired) electrons. The van der Waals surface area contributed by atoms with E-state index in [9.17, 15) is 31.5 Å². The summed E-state index contributed by atoms with van der Waals surface area (Å²) >= 11 is 0. The van der Waals surface area contributed by atoms with E-state index in [1.54, 1.807) is 0 Å². The molecule has 1 heterocycles. The molecule has 1 aliphatic rings. The second-order valence-corrected chi connectivity index (χ2v) is 5.90. The molecule has 5 nitrogen and oxygen atoms in total. The van der Waals surface area contributed by atoms with Crippen LogP contribution in [0.1, 0.15) is 11.1 Å². The van der Waals surface area contributed by atoms with Crippen LogP contribution in [0.15, 0.2) is 28.0 Å². The highest BCUT2D eigenvalue weighted by Crippen LogP contribution is 2.42. The second kappa shape index (κ2) is 4.32. The average molecular weight is 308 g/mol. The Morgan fingerprint density at radius 1 is 1.25 bits per heavy atom. The number of alkyl halides is 3. The molecule has 0 aliphatic carbocycles. The lowest BCUT2D eigenvalue weighted by Crippen LogP contribution is -2.26. The first-order chi connectivity index (χ1) is 9.06. The van der Waals surface area contributed by atoms with Crippen LogP contribution in [-0.2, 0) is 20.8 Å². The van der Waals surface area contributed by atoms with E-state index in [1.165, 1.54) is 0 Å². The molecule has 1 aromatic carbocycles. The van der Waals surface area contributed by atoms with E-state index in [0.717, 1.165) is 18.2 Å². The van der Waals surface area contributed by atoms with Gasteiger partial charge in [0.2, 0.25) is 9.84 Å². The van der Waals surface area contributed by atoms with Crippen molar-refractivity contribution in [1.82, 2.24) is 0 Å². The highest BCUT2D eigenvalue weighted by atomic mass is 32.2. The molecule has 20 heavy (non-hydrogen) atoms. The molecule has 1 unspecified atom stereocenters. The minimum atomic E-state index is -4.91. The average Bonchev–Trinajstić information content (AvgIpc) is 2.59. The van der Waals surface area contributed by atoms with E-state index in [2.05, 4.69) is 0 Å². The molecule has 0 fully saturated rings. The first-order valence-electron chi connectivity index (χ1n) is 5.14. The molecule has 0 amide bonds. The van der Waals surface area contributed by atoms with Crippen molar-refractivity contribution in [3.05, 3.63) is 34.2 Å². The summed E-state index contributed by atoms with van der Waals surface area (Å²) in [6.45, 7) is 0. The first kappa shape index (κ1) is 14.5. The van der Waals surface area contributed by atoms with E-state index in [0.29, 0.717) is 6.07 Å². The molecular formula is C11H7F3O5S. The number of sulfone groups is 1. The summed E-state index contributed by atoms with van der Waals surface area (Å²) in [5.74, 6) is -1.86. The van der Waals surface area contributed by atoms with Gasteiger partial charge in [0.15, 0.2) is 6.10 Å². The third-order valence-electron chi connectivity index (χ3n) is 2.73. The summed E-state index contributed by atoms with van der Waals surface area (Å²) in [7, 11) is -4.69. The van der Waals surface area contributed by atoms with Crippen LogP contribution >= 0.6 is 0 Å². The molecule has 1 atom stereocenters. The summed E-state index contributed by atoms with van der Waals surface area (Å²) in [4.78, 5) is 8.63. The molecule has 1 aromatic rings. The van der Waals surface area contributed by atoms with Crippen molar-refractivity contribution < 1.29 is 36.6 Å². The number of aliphatic carboxylic acids is 1. The smallest absolute Gasteiger partial charge is 0.417 e. The molecule has 108 valence electrons. The molecule has 0 aromatic heterocycles. The third-order valence-corrected chi connectivity index (χ3v) is 4.69. The zero-order valence-electron chi connectivity index (χ0n) is 9.55. The molecule has 0 saturated carbocycles. The Labute approximate surface area is 110 Å². The van der Waals surface area contributed by atoms with Crippen LogP contribution in [0, 0.1) is 0 Å². The maximum absolute atomic E-state index is 12.8. The van der Waals surface area contributed by atoms with Crippen molar-refractivity contribution >= 4 is 21.9 Å². The highest BCUT2D eigenvalue weighted by molar-refractivity contribution is 7.96. The van der Waals surface area contributed by atoms with Crippen molar-refractivity contribution in [2.75, 3.05) is 0 Å². The van der Waals surface area contributed by atoms with Gasteiger partial charge in [-0.15, -0.1) is 0 Å². The van der Waals surface area contributed by atoms with Gasteiger partial charge in [0.05, 0.1) is 15.4 Å². The van der Waals surface area contributed by atoms with Crippen LogP contribution in [0.25, 0.3) is 6.08 Å². The Balaban J connectivity index is 2.70. The molecule has 0 saturated heterocycles. The van der Waals surface area contributed by atoms with E-state index < -0.39 is 43.5 Å². The van der Waals surface area contributed by atoms with Gasteiger partial charge < -0.3 is 10.2 Å². The van der Waals surface area contributed by atoms with Crippen LogP contribution in [0.5, 0.6) is 0 Å². The number of carbonyl (C=O) groups is 1. The molecule has 2 N–H and O–H groups in total. The summed E-state index contributed by atoms with van der Waals surface area (Å²) in [6, 6.07) is 2.69. The first-order valence-corrected chi connectivity index (χ1v) is 6.63. The number of aliphatic hydroxyl groups is 1. The van der Waals surface area contributed by atoms with E-state index in [1.807, 2.05) is 0 Å². The van der Waals surface area contributed by atoms with Crippen molar-refractivity contribution in [3.63, 3.8) is 0 Å². The topological polar surface area (TPSA) is 91.7 Å². The van der Waals surface area contributed by atoms with Crippen LogP contribution < -0.4 is 0 Å². The summed E-state index contributed by atoms with van der Waals surface area (Å²) in [6.07, 6.45) is -6.58. The second-order valence-electron chi connectivity index (χ2n) is 4.01. The van der Waals surface area contributed by atoms with Gasteiger partial charge in [-0.3, -0.25) is 0 Å². The largest absolute Gasteiger partial charge is 0.479 e. The van der Waals surface area contributed by atoms with Crippen molar-refractivity contribution in [2.45, 2.75) is 17.2 Å². The zero-order valence-corrected chi connectivity index (χ0v) is 10.4. The monoisotopic (exact) mass is 308 g/mol. The Kier molecular flexibility index (Phi) is 3.14. The Morgan fingerprint density at radius 3 is 2.35 bits per heavy atom. The van der Waals surface area contributed by atoms with E-state index in [-0.39, 0.29) is 5.56 Å². The van der Waals surface area contributed by atoms with Crippen LogP contribution in [0.2, 0.25) is 0 Å². The van der Waals surface area contributed by atoms with Crippen molar-refractivity contribution in [2.24, 2.45) is 0 Å². The number of fused-ring (bicyclic) bond motifs is 1. The standard InChI is InChI=1S/C11H7F3O5S/c12-11(13,14)6-3-1-2-5-4-7(8(15)10(16)17)20(18,19)9(5)6/h1-4,8,15H,(H,16,17). The number of aliphatic hydroxyl groups excluding tert-OH is 1. The summed E-state index contributed by atoms with van der Waals surface area (Å²) in [5, 5.41) is 17.9. The van der Waals surface area contributed by atoms with Crippen molar-refractivity contribution in [3.8, 4) is 0 Å². The minimum Gasteiger partial charge on any atom is -0.479 e. The number of carboxylic acid groups (broad SMARTS) is 1. The van der Waals surface area contributed by atoms with E-state index >= 15 is 0 Å². The van der Waals surface area contributed by atoms with Crippen LogP contribution in [-0.4, -0.2) is 30.7 Å². The molecular weight excluding hydrogens is 301 g/mol. The van der Waals surface area contributed by atoms with Gasteiger partial charge in [-0.25, -0.2) is 13.2 Å². The number of hydrogen-bond acceptors (Lipinski definition) is 4. The van der Waals surface area contributed by atoms with Gasteiger partial charge in [-0.05, 0) is 17.7 Å². The molecule has 9 heteroatoms. The number of benzene rings is 1. The summed E-state index contributed by atoms with van der Waals surface area (Å²) in [5.41, 5.74) is -1.69. The lowest BCUT2D eigenvalue weighted by atomic mass is 10.1. The van der Waals surface area contributed by atoms with Gasteiger partial charge in [0, 0.05) is 0 Å². The Morgan fingerprint density at radius 2 is 1.85 bits per heavy atom. The lowest BCUT2D eigenvalue weighted by molar-refractivity contribution is -0.144. The van der Waals surface area contributed by atoms with Gasteiger partial charge in [0.25, 0.3) is 0 Å². The molecule has 0 bridgehead atoms. The number of halogens is 3. The summed E-state index contributed by atoms with van der Waals surface area (Å²) < 4.78 is 62.4. The predicted octanol–water partition coefficient (Wildman–Crippen LogP) is 1.28. The van der Waals surface area contributed by atoms with Gasteiger partial charge in [0.1, 0.15) is 0 Å². The predicted molar refractivity (Wildman–Crippen MR) is 60.2 cm³/mol. The maximum Gasteiger partial charge on any atom is 0.417 e. The van der Waals surface area contributed by atoms with Crippen LogP contribution in [0.4, 0.5) is 13.2 Å². The number of rotatable bonds is 2. The van der Waals surface area contributed by atoms with E-state index in [4.69, 9.17) is 5.11 Å². The number of hydrogen-bond donors (Lipinski definition) is 2. The van der Waals surface area contributed by atoms with Gasteiger partial charge >= 0.3 is 12.1 Å². The quantitative estimate of drug-likeness (QED) is 0.858. The normalized spacial score (nSPS) is 18.3. The highest BCUT2D eigenvalue weighted by Gasteiger charge is 2.44. The number of carboxylic acids is 1. The van der Waals surface area contributed by atoms with Crippen molar-refractivity contribution in [1.29, 1.82) is 0 Å². The fraction of sp³-hybridized carbons (Fsp3) is 0.182. The fourth-order valence-electron chi connectivity index (χ4n) is 1.89. The Bertz CT molecular complexity index is 718. The maximum atomic E-state index is 12.8. The molecule has 2 rings (SSSR count). The van der Waals surface area contributed by atoms with Gasteiger partial charge in [-0.1, -0.05) is 12.1 Å².